The van der Waals surface area contributed by atoms with Crippen molar-refractivity contribution in [2.45, 2.75) is 6.54 Å². The van der Waals surface area contributed by atoms with Crippen molar-refractivity contribution in [2.75, 3.05) is 23.3 Å². The molecule has 1 heterocycles. The molecule has 0 atom stereocenters. The van der Waals surface area contributed by atoms with Crippen LogP contribution in [-0.2, 0) is 26.6 Å². The maximum absolute atomic E-state index is 13.1. The second-order valence-corrected chi connectivity index (χ2v) is 10.7. The minimum Gasteiger partial charge on any atom is -0.497 e. The number of anilines is 1. The van der Waals surface area contributed by atoms with Crippen molar-refractivity contribution in [1.29, 1.82) is 0 Å². The minimum atomic E-state index is -4.31. The molecular formula is C20H21N3O6S2. The number of aromatic nitrogens is 2. The molecule has 0 aliphatic rings. The van der Waals surface area contributed by atoms with Gasteiger partial charge in [-0.05, 0) is 35.9 Å². The summed E-state index contributed by atoms with van der Waals surface area (Å²) in [6, 6.07) is 16.8. The standard InChI is InChI=1S/C20H21N3O6S2/c1-29-17-11-9-16(10-12-17)18-13-19(23(30(2,25)26)31(3,27)28)20(24)22(21-18)14-15-7-5-4-6-8-15/h4-13H,14H2,1-3H3. The highest BCUT2D eigenvalue weighted by atomic mass is 32.3. The van der Waals surface area contributed by atoms with Crippen LogP contribution in [-0.4, -0.2) is 46.2 Å². The van der Waals surface area contributed by atoms with E-state index in [0.29, 0.717) is 11.3 Å². The van der Waals surface area contributed by atoms with Crippen molar-refractivity contribution >= 4 is 25.7 Å². The number of ether oxygens (including phenoxy) is 1. The smallest absolute Gasteiger partial charge is 0.292 e. The van der Waals surface area contributed by atoms with E-state index >= 15 is 0 Å². The van der Waals surface area contributed by atoms with Gasteiger partial charge in [-0.1, -0.05) is 30.3 Å². The van der Waals surface area contributed by atoms with E-state index in [-0.39, 0.29) is 15.9 Å². The predicted octanol–water partition coefficient (Wildman–Crippen LogP) is 1.69. The number of hydrogen-bond donors (Lipinski definition) is 0. The van der Waals surface area contributed by atoms with Crippen molar-refractivity contribution in [2.24, 2.45) is 0 Å². The third-order valence-corrected chi connectivity index (χ3v) is 7.54. The van der Waals surface area contributed by atoms with E-state index in [1.54, 1.807) is 48.5 Å². The van der Waals surface area contributed by atoms with Gasteiger partial charge in [0.15, 0.2) is 0 Å². The van der Waals surface area contributed by atoms with Gasteiger partial charge >= 0.3 is 0 Å². The fraction of sp³-hybridized carbons (Fsp3) is 0.200. The normalized spacial score (nSPS) is 11.8. The fourth-order valence-electron chi connectivity index (χ4n) is 3.03. The van der Waals surface area contributed by atoms with Gasteiger partial charge in [0.05, 0.1) is 31.9 Å². The molecule has 0 aliphatic carbocycles. The average Bonchev–Trinajstić information content (AvgIpc) is 2.69. The molecule has 164 valence electrons. The molecule has 0 N–H and O–H groups in total. The zero-order valence-corrected chi connectivity index (χ0v) is 18.7. The highest BCUT2D eigenvalue weighted by Crippen LogP contribution is 2.25. The molecule has 0 saturated heterocycles. The van der Waals surface area contributed by atoms with Crippen LogP contribution in [0.5, 0.6) is 5.75 Å². The van der Waals surface area contributed by atoms with E-state index in [0.717, 1.165) is 28.8 Å². The lowest BCUT2D eigenvalue weighted by molar-refractivity contribution is 0.415. The number of hydrogen-bond acceptors (Lipinski definition) is 7. The van der Waals surface area contributed by atoms with E-state index in [1.807, 2.05) is 6.07 Å². The summed E-state index contributed by atoms with van der Waals surface area (Å²) >= 11 is 0. The summed E-state index contributed by atoms with van der Waals surface area (Å²) in [6.45, 7) is 0.0258. The number of rotatable bonds is 7. The molecule has 0 fully saturated rings. The largest absolute Gasteiger partial charge is 0.497 e. The van der Waals surface area contributed by atoms with E-state index < -0.39 is 31.3 Å². The number of benzene rings is 2. The lowest BCUT2D eigenvalue weighted by atomic mass is 10.1. The highest BCUT2D eigenvalue weighted by molar-refractivity contribution is 8.09. The van der Waals surface area contributed by atoms with Gasteiger partial charge in [0.25, 0.3) is 5.56 Å². The predicted molar refractivity (Wildman–Crippen MR) is 118 cm³/mol. The fourth-order valence-corrected chi connectivity index (χ4v) is 5.97. The molecule has 0 aliphatic heterocycles. The quantitative estimate of drug-likeness (QED) is 0.524. The molecule has 3 aromatic rings. The molecule has 0 unspecified atom stereocenters. The number of methoxy groups -OCH3 is 1. The summed E-state index contributed by atoms with van der Waals surface area (Å²) < 4.78 is 55.5. The van der Waals surface area contributed by atoms with Crippen LogP contribution in [0.4, 0.5) is 5.69 Å². The van der Waals surface area contributed by atoms with Gasteiger partial charge in [0, 0.05) is 5.56 Å². The van der Waals surface area contributed by atoms with Crippen molar-refractivity contribution in [1.82, 2.24) is 9.78 Å². The van der Waals surface area contributed by atoms with Crippen LogP contribution in [0.3, 0.4) is 0 Å². The van der Waals surface area contributed by atoms with E-state index in [2.05, 4.69) is 5.10 Å². The molecule has 11 heteroatoms. The van der Waals surface area contributed by atoms with Crippen molar-refractivity contribution < 1.29 is 21.6 Å². The molecule has 0 spiro atoms. The summed E-state index contributed by atoms with van der Waals surface area (Å²) in [5.74, 6) is 0.593. The van der Waals surface area contributed by atoms with Gasteiger partial charge in [-0.2, -0.15) is 8.81 Å². The molecule has 0 amide bonds. The second kappa shape index (κ2) is 8.52. The number of sulfonamides is 2. The van der Waals surface area contributed by atoms with Crippen LogP contribution >= 0.6 is 0 Å². The Labute approximate surface area is 180 Å². The van der Waals surface area contributed by atoms with Crippen molar-refractivity contribution in [3.8, 4) is 17.0 Å². The van der Waals surface area contributed by atoms with E-state index in [9.17, 15) is 21.6 Å². The summed E-state index contributed by atoms with van der Waals surface area (Å²) in [6.07, 6.45) is 1.45. The minimum absolute atomic E-state index is 0.0258. The topological polar surface area (TPSA) is 116 Å². The molecule has 2 aromatic carbocycles. The van der Waals surface area contributed by atoms with Crippen LogP contribution in [0.15, 0.2) is 65.5 Å². The van der Waals surface area contributed by atoms with E-state index in [4.69, 9.17) is 4.74 Å². The zero-order valence-electron chi connectivity index (χ0n) is 17.1. The SMILES string of the molecule is COc1ccc(-c2cc(N(S(C)(=O)=O)S(C)(=O)=O)c(=O)n(Cc3ccccc3)n2)cc1. The Kier molecular flexibility index (Phi) is 6.18. The third-order valence-electron chi connectivity index (χ3n) is 4.32. The molecule has 3 rings (SSSR count). The summed E-state index contributed by atoms with van der Waals surface area (Å²) in [4.78, 5) is 13.1. The van der Waals surface area contributed by atoms with Crippen LogP contribution in [0.25, 0.3) is 11.3 Å². The van der Waals surface area contributed by atoms with Crippen LogP contribution in [0, 0.1) is 0 Å². The molecule has 0 saturated carbocycles. The van der Waals surface area contributed by atoms with Crippen LogP contribution < -0.4 is 14.0 Å². The highest BCUT2D eigenvalue weighted by Gasteiger charge is 2.31. The lowest BCUT2D eigenvalue weighted by Gasteiger charge is -2.20. The Morgan fingerprint density at radius 3 is 2.03 bits per heavy atom. The Balaban J connectivity index is 2.28. The molecule has 1 aromatic heterocycles. The Bertz CT molecular complexity index is 1320. The van der Waals surface area contributed by atoms with Crippen molar-refractivity contribution in [3.05, 3.63) is 76.6 Å². The van der Waals surface area contributed by atoms with Gasteiger partial charge in [-0.15, -0.1) is 0 Å². The summed E-state index contributed by atoms with van der Waals surface area (Å²) in [7, 11) is -7.11. The maximum Gasteiger partial charge on any atom is 0.292 e. The average molecular weight is 464 g/mol. The zero-order chi connectivity index (χ0) is 22.8. The first-order valence-corrected chi connectivity index (χ1v) is 12.7. The monoisotopic (exact) mass is 463 g/mol. The molecule has 0 bridgehead atoms. The van der Waals surface area contributed by atoms with Crippen LogP contribution in [0.2, 0.25) is 0 Å². The summed E-state index contributed by atoms with van der Waals surface area (Å²) in [5.41, 5.74) is 0.134. The third kappa shape index (κ3) is 5.12. The number of nitrogens with zero attached hydrogens (tertiary/aromatic N) is 3. The van der Waals surface area contributed by atoms with Gasteiger partial charge in [-0.25, -0.2) is 21.5 Å². The first-order chi connectivity index (χ1) is 14.5. The lowest BCUT2D eigenvalue weighted by Crippen LogP contribution is -2.40. The van der Waals surface area contributed by atoms with Gasteiger partial charge < -0.3 is 4.74 Å². The first kappa shape index (κ1) is 22.5. The Morgan fingerprint density at radius 1 is 0.935 bits per heavy atom. The Morgan fingerprint density at radius 2 is 1.52 bits per heavy atom. The molecular weight excluding hydrogens is 442 g/mol. The molecule has 9 nitrogen and oxygen atoms in total. The van der Waals surface area contributed by atoms with Crippen LogP contribution in [0.1, 0.15) is 5.56 Å². The maximum atomic E-state index is 13.1. The second-order valence-electron chi connectivity index (χ2n) is 6.81. The van der Waals surface area contributed by atoms with Gasteiger partial charge in [0.2, 0.25) is 20.0 Å². The molecule has 31 heavy (non-hydrogen) atoms. The van der Waals surface area contributed by atoms with Gasteiger partial charge in [-0.3, -0.25) is 4.79 Å². The molecule has 0 radical (unpaired) electrons. The Hall–Kier alpha value is -3.18. The van der Waals surface area contributed by atoms with Crippen molar-refractivity contribution in [3.63, 3.8) is 0 Å². The first-order valence-electron chi connectivity index (χ1n) is 9.01. The summed E-state index contributed by atoms with van der Waals surface area (Å²) in [5, 5.41) is 4.35. The van der Waals surface area contributed by atoms with Gasteiger partial charge in [0.1, 0.15) is 11.4 Å². The van der Waals surface area contributed by atoms with E-state index in [1.165, 1.54) is 7.11 Å².